The minimum atomic E-state index is -1.26. The Bertz CT molecular complexity index is 1000. The Balaban J connectivity index is 1.65. The maximum absolute atomic E-state index is 11.9. The van der Waals surface area contributed by atoms with Gasteiger partial charge in [-0.05, 0) is 17.7 Å². The zero-order valence-corrected chi connectivity index (χ0v) is 15.7. The van der Waals surface area contributed by atoms with Gasteiger partial charge in [0, 0.05) is 23.7 Å². The summed E-state index contributed by atoms with van der Waals surface area (Å²) in [7, 11) is 0. The highest BCUT2D eigenvalue weighted by Crippen LogP contribution is 2.28. The number of hydrogen-bond acceptors (Lipinski definition) is 6. The second-order valence-corrected chi connectivity index (χ2v) is 8.06. The second-order valence-electron chi connectivity index (χ2n) is 5.76. The van der Waals surface area contributed by atoms with Crippen LogP contribution in [-0.4, -0.2) is 25.8 Å². The molecule has 0 bridgehead atoms. The highest BCUT2D eigenvalue weighted by molar-refractivity contribution is 7.90. The first kappa shape index (κ1) is 17.0. The Labute approximate surface area is 158 Å². The molecule has 0 aliphatic heterocycles. The molecule has 0 aliphatic rings. The smallest absolute Gasteiger partial charge is 0.344 e. The zero-order chi connectivity index (χ0) is 17.9. The third-order valence-electron chi connectivity index (χ3n) is 3.77. The molecule has 1 N–H and O–H groups in total. The van der Waals surface area contributed by atoms with Gasteiger partial charge in [0.1, 0.15) is 12.1 Å². The van der Waals surface area contributed by atoms with Gasteiger partial charge in [0.25, 0.3) is 0 Å². The molecule has 4 aromatic rings. The van der Waals surface area contributed by atoms with Crippen LogP contribution in [-0.2, 0) is 17.6 Å². The Morgan fingerprint density at radius 1 is 1.00 bits per heavy atom. The predicted molar refractivity (Wildman–Crippen MR) is 107 cm³/mol. The maximum atomic E-state index is 11.9. The molecule has 0 saturated heterocycles. The van der Waals surface area contributed by atoms with Crippen LogP contribution in [0.15, 0.2) is 65.8 Å². The maximum Gasteiger partial charge on any atom is 0.344 e. The van der Waals surface area contributed by atoms with E-state index < -0.39 is 11.2 Å². The number of nitrogens with zero attached hydrogens (tertiary/aromatic N) is 3. The van der Waals surface area contributed by atoms with Crippen molar-refractivity contribution < 1.29 is 4.55 Å². The van der Waals surface area contributed by atoms with E-state index in [2.05, 4.69) is 20.3 Å². The van der Waals surface area contributed by atoms with Crippen molar-refractivity contribution in [3.63, 3.8) is 0 Å². The first-order valence-corrected chi connectivity index (χ1v) is 10.4. The lowest BCUT2D eigenvalue weighted by atomic mass is 10.1. The summed E-state index contributed by atoms with van der Waals surface area (Å²) in [5, 5.41) is 4.31. The van der Waals surface area contributed by atoms with Gasteiger partial charge in [0.2, 0.25) is 0 Å². The van der Waals surface area contributed by atoms with Crippen LogP contribution in [0.25, 0.3) is 10.2 Å². The first-order valence-electron chi connectivity index (χ1n) is 8.05. The van der Waals surface area contributed by atoms with E-state index in [0.29, 0.717) is 17.4 Å². The van der Waals surface area contributed by atoms with E-state index >= 15 is 0 Å². The summed E-state index contributed by atoms with van der Waals surface area (Å²) in [4.78, 5) is 13.4. The van der Waals surface area contributed by atoms with E-state index in [4.69, 9.17) is 0 Å². The number of nitrogens with one attached hydrogen (secondary N) is 1. The first-order chi connectivity index (χ1) is 12.7. The lowest BCUT2D eigenvalue weighted by Crippen LogP contribution is -2.09. The van der Waals surface area contributed by atoms with Gasteiger partial charge in [0.05, 0.1) is 15.9 Å². The van der Waals surface area contributed by atoms with Gasteiger partial charge in [-0.25, -0.2) is 4.98 Å². The summed E-state index contributed by atoms with van der Waals surface area (Å²) in [6.45, 7) is 0. The third kappa shape index (κ3) is 3.85. The molecule has 4 rings (SSSR count). The lowest BCUT2D eigenvalue weighted by molar-refractivity contribution is 0.591. The Morgan fingerprint density at radius 2 is 1.77 bits per heavy atom. The van der Waals surface area contributed by atoms with Crippen LogP contribution in [0.1, 0.15) is 11.3 Å². The summed E-state index contributed by atoms with van der Waals surface area (Å²) in [6.07, 6.45) is 2.24. The van der Waals surface area contributed by atoms with Gasteiger partial charge < -0.3 is 9.87 Å². The van der Waals surface area contributed by atoms with Gasteiger partial charge in [-0.2, -0.15) is 9.97 Å². The molecule has 0 saturated carbocycles. The van der Waals surface area contributed by atoms with Gasteiger partial charge in [-0.1, -0.05) is 53.8 Å². The predicted octanol–water partition coefficient (Wildman–Crippen LogP) is 4.16. The van der Waals surface area contributed by atoms with E-state index in [1.54, 1.807) is 17.6 Å². The number of aromatic nitrogens is 3. The fraction of sp³-hybridized carbons (Fsp3) is 0.105. The van der Waals surface area contributed by atoms with Crippen molar-refractivity contribution in [1.29, 1.82) is 0 Å². The Kier molecular flexibility index (Phi) is 4.83. The Hall–Kier alpha value is -2.48. The van der Waals surface area contributed by atoms with Crippen LogP contribution < -0.4 is 5.32 Å². The molecule has 0 radical (unpaired) electrons. The minimum Gasteiger partial charge on any atom is -0.609 e. The van der Waals surface area contributed by atoms with Crippen molar-refractivity contribution in [2.45, 2.75) is 11.6 Å². The van der Waals surface area contributed by atoms with E-state index in [-0.39, 0.29) is 0 Å². The average molecular weight is 380 g/mol. The van der Waals surface area contributed by atoms with Crippen molar-refractivity contribution in [2.75, 3.05) is 11.6 Å². The minimum absolute atomic E-state index is 0.321. The quantitative estimate of drug-likeness (QED) is 0.416. The highest BCUT2D eigenvalue weighted by Gasteiger charge is 2.14. The number of thiazole rings is 1. The van der Waals surface area contributed by atoms with Crippen LogP contribution in [0.5, 0.6) is 0 Å². The van der Waals surface area contributed by atoms with Crippen molar-refractivity contribution in [3.8, 4) is 0 Å². The number of hydrogen-bond donors (Lipinski definition) is 1. The van der Waals surface area contributed by atoms with Gasteiger partial charge in [-0.15, -0.1) is 0 Å². The molecule has 0 aliphatic carbocycles. The number of rotatable bonds is 5. The summed E-state index contributed by atoms with van der Waals surface area (Å²) >= 11 is 0.298. The van der Waals surface area contributed by atoms with Crippen molar-refractivity contribution in [3.05, 3.63) is 71.9 Å². The molecule has 0 fully saturated rings. The molecule has 130 valence electrons. The van der Waals surface area contributed by atoms with Crippen molar-refractivity contribution in [2.24, 2.45) is 0 Å². The second kappa shape index (κ2) is 7.41. The standard InChI is InChI=1S/C19H16N4OS2/c1-26(24)19-20-14(11-13-7-3-2-4-8-13)12-17(23-19)22-18-21-15-9-5-6-10-16(15)25-18/h2-10,12H,11H2,1H3,(H,20,21,22,23). The summed E-state index contributed by atoms with van der Waals surface area (Å²) in [6, 6.07) is 19.9. The van der Waals surface area contributed by atoms with Crippen molar-refractivity contribution >= 4 is 43.7 Å². The average Bonchev–Trinajstić information content (AvgIpc) is 3.04. The van der Waals surface area contributed by atoms with Crippen LogP contribution in [0.4, 0.5) is 10.9 Å². The van der Waals surface area contributed by atoms with E-state index in [9.17, 15) is 4.55 Å². The van der Waals surface area contributed by atoms with Crippen LogP contribution in [0.2, 0.25) is 0 Å². The highest BCUT2D eigenvalue weighted by atomic mass is 32.2. The molecule has 7 heteroatoms. The third-order valence-corrected chi connectivity index (χ3v) is 5.42. The molecule has 5 nitrogen and oxygen atoms in total. The number of benzene rings is 2. The molecule has 0 amide bonds. The molecular formula is C19H16N4OS2. The van der Waals surface area contributed by atoms with Crippen LogP contribution in [0, 0.1) is 0 Å². The molecular weight excluding hydrogens is 364 g/mol. The molecule has 26 heavy (non-hydrogen) atoms. The number of anilines is 2. The normalized spacial score (nSPS) is 12.2. The monoisotopic (exact) mass is 380 g/mol. The van der Waals surface area contributed by atoms with E-state index in [1.807, 2.05) is 60.7 Å². The fourth-order valence-electron chi connectivity index (χ4n) is 2.60. The summed E-state index contributed by atoms with van der Waals surface area (Å²) in [5.41, 5.74) is 2.91. The Morgan fingerprint density at radius 3 is 2.54 bits per heavy atom. The lowest BCUT2D eigenvalue weighted by Gasteiger charge is -2.09. The van der Waals surface area contributed by atoms with E-state index in [0.717, 1.165) is 26.6 Å². The molecule has 0 spiro atoms. The zero-order valence-electron chi connectivity index (χ0n) is 14.0. The van der Waals surface area contributed by atoms with E-state index in [1.165, 1.54) is 0 Å². The molecule has 1 atom stereocenters. The van der Waals surface area contributed by atoms with Crippen LogP contribution in [0.3, 0.4) is 0 Å². The molecule has 2 aromatic carbocycles. The summed E-state index contributed by atoms with van der Waals surface area (Å²) in [5.74, 6) is 0.607. The SMILES string of the molecule is C[S+]([O-])c1nc(Cc2ccccc2)cc(Nc2nc3ccccc3s2)n1. The molecule has 2 aromatic heterocycles. The largest absolute Gasteiger partial charge is 0.609 e. The van der Waals surface area contributed by atoms with Gasteiger partial charge in [0.15, 0.2) is 5.13 Å². The van der Waals surface area contributed by atoms with Gasteiger partial charge in [-0.3, -0.25) is 0 Å². The van der Waals surface area contributed by atoms with Crippen LogP contribution >= 0.6 is 11.3 Å². The number of para-hydroxylation sites is 1. The van der Waals surface area contributed by atoms with Crippen molar-refractivity contribution in [1.82, 2.24) is 15.0 Å². The number of fused-ring (bicyclic) bond motifs is 1. The van der Waals surface area contributed by atoms with Gasteiger partial charge >= 0.3 is 5.16 Å². The summed E-state index contributed by atoms with van der Waals surface area (Å²) < 4.78 is 13.0. The topological polar surface area (TPSA) is 73.8 Å². The fourth-order valence-corrected chi connectivity index (χ4v) is 3.94. The molecule has 2 heterocycles. The molecule has 1 unspecified atom stereocenters.